The van der Waals surface area contributed by atoms with E-state index in [0.29, 0.717) is 19.7 Å². The minimum atomic E-state index is -1.23. The van der Waals surface area contributed by atoms with E-state index in [9.17, 15) is 14.7 Å². The van der Waals surface area contributed by atoms with Gasteiger partial charge in [0.1, 0.15) is 30.0 Å². The molecule has 0 spiro atoms. The van der Waals surface area contributed by atoms with Crippen LogP contribution in [0.1, 0.15) is 86.3 Å². The summed E-state index contributed by atoms with van der Waals surface area (Å²) in [4.78, 5) is 50.5. The van der Waals surface area contributed by atoms with Crippen molar-refractivity contribution in [2.24, 2.45) is 5.92 Å². The number of rotatable bonds is 12. The second kappa shape index (κ2) is 17.4. The molecular weight excluding hydrogens is 781 g/mol. The fourth-order valence-corrected chi connectivity index (χ4v) is 9.33. The molecule has 13 nitrogen and oxygen atoms in total. The second-order valence-corrected chi connectivity index (χ2v) is 17.1. The number of hydrogen-bond donors (Lipinski definition) is 4. The molecule has 5 atom stereocenters. The summed E-state index contributed by atoms with van der Waals surface area (Å²) in [5.74, 6) is 2.25. The third-order valence-corrected chi connectivity index (χ3v) is 12.6. The summed E-state index contributed by atoms with van der Waals surface area (Å²) >= 11 is 0. The van der Waals surface area contributed by atoms with Crippen LogP contribution in [0.3, 0.4) is 0 Å². The van der Waals surface area contributed by atoms with E-state index in [4.69, 9.17) is 19.4 Å². The van der Waals surface area contributed by atoms with E-state index in [1.54, 1.807) is 0 Å². The van der Waals surface area contributed by atoms with E-state index in [0.717, 1.165) is 98.4 Å². The molecule has 5 unspecified atom stereocenters. The molecule has 1 aliphatic carbocycles. The molecule has 2 fully saturated rings. The fraction of sp³-hybridized carbons (Fsp3) is 0.367. The Morgan fingerprint density at radius 3 is 2.40 bits per heavy atom. The smallest absolute Gasteiger partial charge is 0.245 e. The highest BCUT2D eigenvalue weighted by Crippen LogP contribution is 2.41. The highest BCUT2D eigenvalue weighted by molar-refractivity contribution is 5.85. The maximum absolute atomic E-state index is 14.0. The number of amides is 2. The summed E-state index contributed by atoms with van der Waals surface area (Å²) in [6.07, 6.45) is 10.2. The van der Waals surface area contributed by atoms with Crippen molar-refractivity contribution in [1.29, 1.82) is 0 Å². The number of aliphatic hydroxyl groups is 1. The van der Waals surface area contributed by atoms with E-state index in [-0.39, 0.29) is 35.9 Å². The van der Waals surface area contributed by atoms with Crippen LogP contribution in [0.4, 0.5) is 0 Å². The Kier molecular flexibility index (Phi) is 11.6. The first kappa shape index (κ1) is 41.3. The molecule has 2 aromatic heterocycles. The van der Waals surface area contributed by atoms with Crippen molar-refractivity contribution in [2.75, 3.05) is 34.3 Å². The number of nitrogens with one attached hydrogen (secondary N) is 3. The van der Waals surface area contributed by atoms with Crippen molar-refractivity contribution in [3.05, 3.63) is 124 Å². The number of benzene rings is 3. The summed E-state index contributed by atoms with van der Waals surface area (Å²) in [5.41, 5.74) is 11.0. The zero-order valence-electron chi connectivity index (χ0n) is 35.9. The fourth-order valence-electron chi connectivity index (χ4n) is 9.33. The van der Waals surface area contributed by atoms with Crippen molar-refractivity contribution in [2.45, 2.75) is 76.7 Å². The Morgan fingerprint density at radius 2 is 1.66 bits per heavy atom. The van der Waals surface area contributed by atoms with Gasteiger partial charge in [0.25, 0.3) is 0 Å². The summed E-state index contributed by atoms with van der Waals surface area (Å²) in [7, 11) is 5.30. The van der Waals surface area contributed by atoms with Crippen LogP contribution in [0, 0.1) is 5.92 Å². The van der Waals surface area contributed by atoms with Crippen LogP contribution in [0.2, 0.25) is 0 Å². The Bertz CT molecular complexity index is 2680. The molecule has 2 amide bonds. The number of likely N-dealkylation sites (tertiary alicyclic amines) is 2. The highest BCUT2D eigenvalue weighted by atomic mass is 16.6. The Labute approximate surface area is 361 Å². The Balaban J connectivity index is 0.922. The number of carbonyl (C=O) groups is 2. The van der Waals surface area contributed by atoms with Crippen molar-refractivity contribution < 1.29 is 24.2 Å². The minimum Gasteiger partial charge on any atom is -0.487 e. The van der Waals surface area contributed by atoms with Gasteiger partial charge in [-0.3, -0.25) is 19.8 Å². The lowest BCUT2D eigenvalue weighted by Gasteiger charge is -2.31. The lowest BCUT2D eigenvalue weighted by atomic mass is 9.99. The molecule has 0 saturated carbocycles. The van der Waals surface area contributed by atoms with Crippen LogP contribution in [-0.4, -0.2) is 98.3 Å². The first-order valence-electron chi connectivity index (χ1n) is 21.6. The first-order chi connectivity index (χ1) is 30.1. The average molecular weight is 835 g/mol. The number of aromatic nitrogens is 4. The zero-order valence-corrected chi connectivity index (χ0v) is 35.9. The van der Waals surface area contributed by atoms with Crippen LogP contribution in [0.25, 0.3) is 39.8 Å². The van der Waals surface area contributed by atoms with Crippen LogP contribution in [0.15, 0.2) is 85.1 Å². The number of aliphatic hydroxyl groups excluding tert-OH is 1. The third-order valence-electron chi connectivity index (χ3n) is 12.6. The van der Waals surface area contributed by atoms with E-state index in [1.165, 1.54) is 7.11 Å². The van der Waals surface area contributed by atoms with Gasteiger partial charge in [-0.25, -0.2) is 9.97 Å². The summed E-state index contributed by atoms with van der Waals surface area (Å²) in [6.45, 7) is 5.55. The molecule has 62 heavy (non-hydrogen) atoms. The van der Waals surface area contributed by atoms with Crippen LogP contribution in [-0.2, 0) is 20.9 Å². The third kappa shape index (κ3) is 7.94. The number of hydrogen-bond acceptors (Lipinski definition) is 9. The molecule has 3 aliphatic heterocycles. The summed E-state index contributed by atoms with van der Waals surface area (Å²) in [6, 6.07) is 21.3. The van der Waals surface area contributed by atoms with Gasteiger partial charge in [-0.1, -0.05) is 68.5 Å². The molecule has 0 radical (unpaired) electrons. The number of ether oxygens (including phenoxy) is 2. The Hall–Kier alpha value is -6.08. The quantitative estimate of drug-likeness (QED) is 0.122. The zero-order chi connectivity index (χ0) is 43.1. The van der Waals surface area contributed by atoms with Gasteiger partial charge in [0.05, 0.1) is 41.4 Å². The molecule has 0 bridgehead atoms. The predicted molar refractivity (Wildman–Crippen MR) is 237 cm³/mol. The van der Waals surface area contributed by atoms with Gasteiger partial charge in [0.15, 0.2) is 0 Å². The monoisotopic (exact) mass is 834 g/mol. The molecule has 2 saturated heterocycles. The number of likely N-dealkylation sites (N-methyl/N-ethyl adjacent to an activating group) is 1. The van der Waals surface area contributed by atoms with Crippen LogP contribution in [0.5, 0.6) is 5.75 Å². The number of H-pyrrole nitrogens is 2. The van der Waals surface area contributed by atoms with Gasteiger partial charge in [-0.05, 0) is 97.9 Å². The molecule has 3 aromatic carbocycles. The summed E-state index contributed by atoms with van der Waals surface area (Å²) in [5, 5.41) is 15.0. The molecule has 4 aliphatic rings. The maximum Gasteiger partial charge on any atom is 0.245 e. The second-order valence-electron chi connectivity index (χ2n) is 17.1. The number of imidazole rings is 2. The van der Waals surface area contributed by atoms with Gasteiger partial charge >= 0.3 is 0 Å². The number of aromatic amines is 2. The molecule has 5 heterocycles. The summed E-state index contributed by atoms with van der Waals surface area (Å²) < 4.78 is 11.3. The van der Waals surface area contributed by atoms with Gasteiger partial charge in [0, 0.05) is 36.6 Å². The molecular formula is C49H54N8O5. The van der Waals surface area contributed by atoms with E-state index in [2.05, 4.69) is 69.6 Å². The number of nitrogens with zero attached hydrogens (tertiary/aromatic N) is 5. The Morgan fingerprint density at radius 1 is 0.935 bits per heavy atom. The van der Waals surface area contributed by atoms with Crippen molar-refractivity contribution in [3.8, 4) is 28.1 Å². The van der Waals surface area contributed by atoms with Gasteiger partial charge in [0.2, 0.25) is 18.2 Å². The largest absolute Gasteiger partial charge is 0.487 e. The number of carbonyl (C=O) groups excluding carboxylic acids is 2. The molecule has 13 heteroatoms. The highest BCUT2D eigenvalue weighted by Gasteiger charge is 2.39. The SMILES string of the molecule is COC(O)NC(C(=O)N1CCCC1c1nc2c([nH]1)COc1cc(-c3ccc4c(c3)=CC=C(c3cnc(C5CCCN5C(=O)C(c5ccccc5)N(C)C)[nH]3)C=C=4)ccc1-2)C(C)C. The number of methoxy groups -OCH3 is 1. The normalized spacial score (nSPS) is 19.5. The molecule has 4 N–H and O–H groups in total. The van der Waals surface area contributed by atoms with E-state index < -0.39 is 12.5 Å². The molecule has 320 valence electrons. The number of fused-ring (bicyclic) bond motifs is 4. The lowest BCUT2D eigenvalue weighted by Crippen LogP contribution is -2.52. The van der Waals surface area contributed by atoms with Gasteiger partial charge < -0.3 is 34.3 Å². The van der Waals surface area contributed by atoms with Crippen LogP contribution >= 0.6 is 0 Å². The first-order valence-corrected chi connectivity index (χ1v) is 21.6. The molecule has 9 rings (SSSR count). The predicted octanol–water partition coefficient (Wildman–Crippen LogP) is 5.34. The standard InChI is InChI=1S/C49H54N8O5/c1-29(2)42(54-49(60)61-5)47(58)56-23-10-14-40(56)46-52-38-28-62-41-26-35(21-22-36(41)43(38)53-46)34-19-16-30-15-17-31(18-20-33(30)25-34)37-27-50-45(51-37)39-13-9-24-57(39)48(59)44(55(3)4)32-11-7-6-8-12-32/h6-8,11-12,16-22,25-27,29,39-40,42,44,49,54,60H,9-10,13-14,23-24,28H2,1-5H3,(H,50,51)(H,52,53). The van der Waals surface area contributed by atoms with Crippen molar-refractivity contribution in [3.63, 3.8) is 0 Å². The number of allylic oxidation sites excluding steroid dienone is 3. The average Bonchev–Trinajstić information content (AvgIpc) is 4.11. The molecule has 5 aromatic rings. The van der Waals surface area contributed by atoms with Crippen LogP contribution < -0.4 is 20.5 Å². The maximum atomic E-state index is 14.0. The van der Waals surface area contributed by atoms with Gasteiger partial charge in [-0.2, -0.15) is 0 Å². The van der Waals surface area contributed by atoms with Gasteiger partial charge in [-0.15, -0.1) is 5.73 Å². The van der Waals surface area contributed by atoms with Crippen molar-refractivity contribution in [1.82, 2.24) is 40.0 Å². The van der Waals surface area contributed by atoms with E-state index in [1.807, 2.05) is 85.2 Å². The van der Waals surface area contributed by atoms with E-state index >= 15 is 0 Å². The minimum absolute atomic E-state index is 0.0550. The topological polar surface area (TPSA) is 152 Å². The van der Waals surface area contributed by atoms with Crippen molar-refractivity contribution >= 4 is 29.2 Å². The lowest BCUT2D eigenvalue weighted by molar-refractivity contribution is -0.145.